The zero-order valence-electron chi connectivity index (χ0n) is 24.2. The van der Waals surface area contributed by atoms with E-state index in [2.05, 4.69) is 34.1 Å². The highest BCUT2D eigenvalue weighted by Crippen LogP contribution is 2.39. The number of anilines is 1. The molecular formula is C33H29F6N5O. The van der Waals surface area contributed by atoms with Crippen LogP contribution in [0.2, 0.25) is 0 Å². The molecule has 1 aliphatic rings. The number of carbonyl (C=O) groups excluding carboxylic acids is 1. The van der Waals surface area contributed by atoms with Crippen molar-refractivity contribution in [2.75, 3.05) is 11.9 Å². The zero-order valence-corrected chi connectivity index (χ0v) is 24.2. The van der Waals surface area contributed by atoms with Crippen LogP contribution in [-0.2, 0) is 23.7 Å². The molecule has 12 heteroatoms. The Bertz CT molecular complexity index is 1660. The summed E-state index contributed by atoms with van der Waals surface area (Å²) in [7, 11) is 0. The SMILES string of the molecule is C=C/C(=C(\C(=C)Nc1ccc(C(F)(F)F)cc1-c1ccc(C(F)(F)F)nc1)C(=O)NCc1ccc(C#N)cc1)C1(C)CCCN1. The fourth-order valence-electron chi connectivity index (χ4n) is 5.13. The molecule has 0 spiro atoms. The molecule has 2 heterocycles. The first-order valence-electron chi connectivity index (χ1n) is 13.8. The average Bonchev–Trinajstić information content (AvgIpc) is 3.45. The third-order valence-corrected chi connectivity index (χ3v) is 7.50. The normalized spacial score (nSPS) is 17.2. The van der Waals surface area contributed by atoms with Gasteiger partial charge in [-0.15, -0.1) is 0 Å². The van der Waals surface area contributed by atoms with Crippen LogP contribution in [0.3, 0.4) is 0 Å². The Morgan fingerprint density at radius 1 is 1.09 bits per heavy atom. The molecule has 0 radical (unpaired) electrons. The standard InChI is InChI=1S/C33H29F6N5O/c1-4-26(31(3)14-5-15-43-31)29(30(45)42-18-22-8-6-21(17-40)7-9-22)20(2)44-27-12-11-24(32(34,35)36)16-25(27)23-10-13-28(41-19-23)33(37,38)39/h4,6-13,16,19,43-44H,1-2,5,14-15,18H2,3H3,(H,42,45)/b29-26-. The van der Waals surface area contributed by atoms with Gasteiger partial charge in [-0.1, -0.05) is 37.4 Å². The molecule has 1 fully saturated rings. The minimum Gasteiger partial charge on any atom is -0.355 e. The van der Waals surface area contributed by atoms with E-state index in [0.717, 1.165) is 36.9 Å². The van der Waals surface area contributed by atoms with Crippen molar-refractivity contribution >= 4 is 11.6 Å². The highest BCUT2D eigenvalue weighted by atomic mass is 19.4. The zero-order chi connectivity index (χ0) is 33.0. The Morgan fingerprint density at radius 3 is 2.33 bits per heavy atom. The summed E-state index contributed by atoms with van der Waals surface area (Å²) in [5.41, 5.74) is -1.19. The summed E-state index contributed by atoms with van der Waals surface area (Å²) < 4.78 is 80.4. The van der Waals surface area contributed by atoms with Gasteiger partial charge >= 0.3 is 12.4 Å². The second-order valence-electron chi connectivity index (χ2n) is 10.6. The summed E-state index contributed by atoms with van der Waals surface area (Å²) >= 11 is 0. The van der Waals surface area contributed by atoms with E-state index < -0.39 is 35.1 Å². The van der Waals surface area contributed by atoms with Crippen molar-refractivity contribution in [2.24, 2.45) is 0 Å². The number of nitrogens with zero attached hydrogens (tertiary/aromatic N) is 2. The van der Waals surface area contributed by atoms with Crippen molar-refractivity contribution < 1.29 is 31.1 Å². The molecule has 1 amide bonds. The third-order valence-electron chi connectivity index (χ3n) is 7.50. The number of nitrogens with one attached hydrogen (secondary N) is 3. The monoisotopic (exact) mass is 625 g/mol. The molecule has 1 atom stereocenters. The first-order valence-corrected chi connectivity index (χ1v) is 13.8. The van der Waals surface area contributed by atoms with Crippen LogP contribution in [0, 0.1) is 11.3 Å². The number of benzene rings is 2. The second kappa shape index (κ2) is 13.0. The first-order chi connectivity index (χ1) is 21.2. The minimum absolute atomic E-state index is 0.0198. The summed E-state index contributed by atoms with van der Waals surface area (Å²) in [5, 5.41) is 18.2. The van der Waals surface area contributed by atoms with E-state index in [1.807, 2.05) is 13.0 Å². The Kier molecular flexibility index (Phi) is 9.53. The van der Waals surface area contributed by atoms with Gasteiger partial charge in [0.15, 0.2) is 0 Å². The van der Waals surface area contributed by atoms with Crippen molar-refractivity contribution in [2.45, 2.75) is 44.2 Å². The minimum atomic E-state index is -4.74. The Hall–Kier alpha value is -4.89. The highest BCUT2D eigenvalue weighted by Gasteiger charge is 2.36. The molecule has 1 aromatic heterocycles. The summed E-state index contributed by atoms with van der Waals surface area (Å²) in [5.74, 6) is -0.550. The van der Waals surface area contributed by atoms with Gasteiger partial charge in [-0.05, 0) is 73.8 Å². The van der Waals surface area contributed by atoms with Gasteiger partial charge in [0.25, 0.3) is 5.91 Å². The van der Waals surface area contributed by atoms with Gasteiger partial charge in [-0.2, -0.15) is 31.6 Å². The molecule has 0 bridgehead atoms. The molecule has 2 aromatic carbocycles. The van der Waals surface area contributed by atoms with E-state index in [1.54, 1.807) is 24.3 Å². The average molecular weight is 626 g/mol. The number of amides is 1. The summed E-state index contributed by atoms with van der Waals surface area (Å²) in [6.45, 7) is 10.6. The van der Waals surface area contributed by atoms with Crippen molar-refractivity contribution in [1.29, 1.82) is 5.26 Å². The number of alkyl halides is 6. The molecule has 1 unspecified atom stereocenters. The van der Waals surface area contributed by atoms with Gasteiger partial charge in [-0.25, -0.2) is 0 Å². The summed E-state index contributed by atoms with van der Waals surface area (Å²) in [6.07, 6.45) is -5.63. The van der Waals surface area contributed by atoms with Crippen LogP contribution < -0.4 is 16.0 Å². The largest absolute Gasteiger partial charge is 0.433 e. The number of rotatable bonds is 9. The van der Waals surface area contributed by atoms with Gasteiger partial charge in [0.05, 0.1) is 22.8 Å². The predicted molar refractivity (Wildman–Crippen MR) is 158 cm³/mol. The molecule has 1 saturated heterocycles. The maximum atomic E-state index is 13.8. The summed E-state index contributed by atoms with van der Waals surface area (Å²) in [6, 6.07) is 13.1. The lowest BCUT2D eigenvalue weighted by Crippen LogP contribution is -2.40. The lowest BCUT2D eigenvalue weighted by atomic mass is 9.85. The molecule has 3 N–H and O–H groups in total. The molecule has 234 valence electrons. The van der Waals surface area contributed by atoms with Crippen LogP contribution in [-0.4, -0.2) is 23.0 Å². The Labute approximate surface area is 256 Å². The molecule has 3 aromatic rings. The molecule has 6 nitrogen and oxygen atoms in total. The topological polar surface area (TPSA) is 89.8 Å². The summed E-state index contributed by atoms with van der Waals surface area (Å²) in [4.78, 5) is 17.2. The van der Waals surface area contributed by atoms with Crippen molar-refractivity contribution in [3.05, 3.63) is 119 Å². The van der Waals surface area contributed by atoms with E-state index in [9.17, 15) is 31.1 Å². The van der Waals surface area contributed by atoms with Crippen molar-refractivity contribution in [1.82, 2.24) is 15.6 Å². The predicted octanol–water partition coefficient (Wildman–Crippen LogP) is 7.52. The van der Waals surface area contributed by atoms with Crippen LogP contribution in [0.4, 0.5) is 32.0 Å². The molecule has 1 aliphatic heterocycles. The molecule has 0 aliphatic carbocycles. The van der Waals surface area contributed by atoms with Crippen LogP contribution in [0.25, 0.3) is 11.1 Å². The lowest BCUT2D eigenvalue weighted by molar-refractivity contribution is -0.141. The maximum Gasteiger partial charge on any atom is 0.433 e. The first kappa shape index (κ1) is 33.0. The number of hydrogen-bond donors (Lipinski definition) is 3. The van der Waals surface area contributed by atoms with Crippen molar-refractivity contribution in [3.8, 4) is 17.2 Å². The van der Waals surface area contributed by atoms with Gasteiger partial charge in [0.2, 0.25) is 0 Å². The van der Waals surface area contributed by atoms with Crippen LogP contribution in [0.15, 0.2) is 96.9 Å². The van der Waals surface area contributed by atoms with Gasteiger partial charge in [0, 0.05) is 40.8 Å². The molecular weight excluding hydrogens is 596 g/mol. The fraction of sp³-hybridized carbons (Fsp3) is 0.242. The smallest absolute Gasteiger partial charge is 0.355 e. The molecule has 45 heavy (non-hydrogen) atoms. The van der Waals surface area contributed by atoms with Crippen LogP contribution in [0.5, 0.6) is 0 Å². The molecule has 0 saturated carbocycles. The number of nitriles is 1. The lowest BCUT2D eigenvalue weighted by Gasteiger charge is -2.30. The maximum absolute atomic E-state index is 13.8. The number of hydrogen-bond acceptors (Lipinski definition) is 5. The van der Waals surface area contributed by atoms with E-state index in [4.69, 9.17) is 5.26 Å². The number of pyridine rings is 1. The Balaban J connectivity index is 1.75. The fourth-order valence-corrected chi connectivity index (χ4v) is 5.13. The van der Waals surface area contributed by atoms with E-state index in [-0.39, 0.29) is 34.6 Å². The van der Waals surface area contributed by atoms with Crippen LogP contribution in [0.1, 0.15) is 42.1 Å². The number of carbonyl (C=O) groups is 1. The quantitative estimate of drug-likeness (QED) is 0.130. The van der Waals surface area contributed by atoms with E-state index >= 15 is 0 Å². The van der Waals surface area contributed by atoms with Gasteiger partial charge < -0.3 is 16.0 Å². The Morgan fingerprint density at radius 2 is 1.80 bits per heavy atom. The van der Waals surface area contributed by atoms with E-state index in [1.165, 1.54) is 6.08 Å². The highest BCUT2D eigenvalue weighted by molar-refractivity contribution is 6.00. The van der Waals surface area contributed by atoms with Gasteiger partial charge in [-0.3, -0.25) is 9.78 Å². The van der Waals surface area contributed by atoms with E-state index in [0.29, 0.717) is 35.7 Å². The third kappa shape index (κ3) is 7.61. The molecule has 4 rings (SSSR count). The number of halogens is 6. The van der Waals surface area contributed by atoms with Gasteiger partial charge in [0.1, 0.15) is 5.69 Å². The van der Waals surface area contributed by atoms with Crippen LogP contribution >= 0.6 is 0 Å². The number of aromatic nitrogens is 1. The van der Waals surface area contributed by atoms with Crippen molar-refractivity contribution in [3.63, 3.8) is 0 Å². The second-order valence-corrected chi connectivity index (χ2v) is 10.6.